The quantitative estimate of drug-likeness (QED) is 0.620. The molecule has 0 aromatic heterocycles. The number of nitrogens with two attached hydrogens (primary N) is 1. The molecule has 0 radical (unpaired) electrons. The average Bonchev–Trinajstić information content (AvgIpc) is 2.08. The number of aryl methyl sites for hydroxylation is 1. The number of benzene rings is 1. The molecule has 0 saturated heterocycles. The molecular weight excluding hydrogens is 228 g/mol. The van der Waals surface area contributed by atoms with Crippen molar-refractivity contribution >= 4 is 26.2 Å². The number of nitrogen functional groups attached to an aromatic ring is 1. The zero-order valence-corrected chi connectivity index (χ0v) is 9.19. The second-order valence-corrected chi connectivity index (χ2v) is 3.74. The Kier molecular flexibility index (Phi) is 3.48. The summed E-state index contributed by atoms with van der Waals surface area (Å²) in [5.74, 6) is 0. The highest BCUT2D eigenvalue weighted by Gasteiger charge is 2.05. The van der Waals surface area contributed by atoms with Crippen molar-refractivity contribution in [3.63, 3.8) is 0 Å². The van der Waals surface area contributed by atoms with E-state index in [-0.39, 0.29) is 0 Å². The Morgan fingerprint density at radius 2 is 2.23 bits per heavy atom. The molecule has 1 aromatic rings. The Hall–Kier alpha value is -0.830. The van der Waals surface area contributed by atoms with Crippen molar-refractivity contribution in [2.45, 2.75) is 19.8 Å². The third kappa shape index (κ3) is 2.31. The third-order valence-corrected chi connectivity index (χ3v) is 2.38. The molecule has 3 N–H and O–H groups in total. The first kappa shape index (κ1) is 10.3. The minimum Gasteiger partial charge on any atom is -0.398 e. The van der Waals surface area contributed by atoms with Gasteiger partial charge in [0.25, 0.3) is 0 Å². The van der Waals surface area contributed by atoms with E-state index >= 15 is 0 Å². The number of hydrogen-bond acceptors (Lipinski definition) is 2. The SMILES string of the molecule is CCCc1cccc(C(=N)Br)c1N. The van der Waals surface area contributed by atoms with Crippen LogP contribution in [0.3, 0.4) is 0 Å². The predicted octanol–water partition coefficient (Wildman–Crippen LogP) is 2.94. The lowest BCUT2D eigenvalue weighted by Crippen LogP contribution is -2.01. The van der Waals surface area contributed by atoms with Crippen molar-refractivity contribution in [1.82, 2.24) is 0 Å². The molecule has 1 aromatic carbocycles. The second kappa shape index (κ2) is 4.42. The van der Waals surface area contributed by atoms with E-state index in [2.05, 4.69) is 22.9 Å². The van der Waals surface area contributed by atoms with Gasteiger partial charge in [-0.3, -0.25) is 5.41 Å². The molecule has 13 heavy (non-hydrogen) atoms. The minimum absolute atomic E-state index is 0.350. The molecule has 2 nitrogen and oxygen atoms in total. The van der Waals surface area contributed by atoms with E-state index in [0.29, 0.717) is 4.62 Å². The minimum atomic E-state index is 0.350. The van der Waals surface area contributed by atoms with Gasteiger partial charge in [-0.05, 0) is 27.9 Å². The zero-order valence-electron chi connectivity index (χ0n) is 7.60. The van der Waals surface area contributed by atoms with E-state index in [1.165, 1.54) is 0 Å². The topological polar surface area (TPSA) is 49.9 Å². The van der Waals surface area contributed by atoms with Crippen LogP contribution >= 0.6 is 15.9 Å². The highest BCUT2D eigenvalue weighted by molar-refractivity contribution is 9.18. The largest absolute Gasteiger partial charge is 0.398 e. The maximum atomic E-state index is 7.44. The number of hydrogen-bond donors (Lipinski definition) is 2. The van der Waals surface area contributed by atoms with Gasteiger partial charge < -0.3 is 5.73 Å². The molecule has 3 heteroatoms. The lowest BCUT2D eigenvalue weighted by Gasteiger charge is -2.07. The summed E-state index contributed by atoms with van der Waals surface area (Å²) in [5, 5.41) is 7.44. The Labute approximate surface area is 86.8 Å². The molecule has 0 atom stereocenters. The fourth-order valence-electron chi connectivity index (χ4n) is 1.29. The van der Waals surface area contributed by atoms with Crippen LogP contribution in [0.1, 0.15) is 24.5 Å². The lowest BCUT2D eigenvalue weighted by molar-refractivity contribution is 0.924. The fourth-order valence-corrected chi connectivity index (χ4v) is 1.64. The van der Waals surface area contributed by atoms with Gasteiger partial charge in [0, 0.05) is 11.3 Å². The van der Waals surface area contributed by atoms with Gasteiger partial charge in [-0.15, -0.1) is 0 Å². The first-order valence-electron chi connectivity index (χ1n) is 4.28. The third-order valence-electron chi connectivity index (χ3n) is 1.95. The number of rotatable bonds is 3. The van der Waals surface area contributed by atoms with E-state index in [9.17, 15) is 0 Å². The summed E-state index contributed by atoms with van der Waals surface area (Å²) in [6.45, 7) is 2.12. The van der Waals surface area contributed by atoms with E-state index in [1.54, 1.807) is 0 Å². The van der Waals surface area contributed by atoms with Gasteiger partial charge in [0.2, 0.25) is 0 Å². The summed E-state index contributed by atoms with van der Waals surface area (Å²) in [6.07, 6.45) is 2.04. The summed E-state index contributed by atoms with van der Waals surface area (Å²) in [6, 6.07) is 5.80. The van der Waals surface area contributed by atoms with Crippen LogP contribution in [0.4, 0.5) is 5.69 Å². The highest BCUT2D eigenvalue weighted by Crippen LogP contribution is 2.20. The molecule has 0 bridgehead atoms. The van der Waals surface area contributed by atoms with Crippen LogP contribution in [0.2, 0.25) is 0 Å². The van der Waals surface area contributed by atoms with Gasteiger partial charge in [0.1, 0.15) is 4.62 Å². The molecular formula is C10H13BrN2. The Balaban J connectivity index is 3.10. The van der Waals surface area contributed by atoms with E-state index in [4.69, 9.17) is 11.1 Å². The fraction of sp³-hybridized carbons (Fsp3) is 0.300. The number of anilines is 1. The normalized spacial score (nSPS) is 10.0. The summed E-state index contributed by atoms with van der Waals surface area (Å²) in [7, 11) is 0. The smallest absolute Gasteiger partial charge is 0.106 e. The van der Waals surface area contributed by atoms with Gasteiger partial charge in [0.15, 0.2) is 0 Å². The Bertz CT molecular complexity index is 321. The van der Waals surface area contributed by atoms with Crippen LogP contribution in [-0.4, -0.2) is 4.62 Å². The van der Waals surface area contributed by atoms with Crippen LogP contribution in [-0.2, 0) is 6.42 Å². The van der Waals surface area contributed by atoms with Crippen molar-refractivity contribution in [1.29, 1.82) is 5.41 Å². The summed E-state index contributed by atoms with van der Waals surface area (Å²) >= 11 is 3.12. The van der Waals surface area contributed by atoms with Gasteiger partial charge in [-0.25, -0.2) is 0 Å². The first-order chi connectivity index (χ1) is 6.16. The molecule has 70 valence electrons. The van der Waals surface area contributed by atoms with E-state index in [1.807, 2.05) is 18.2 Å². The summed E-state index contributed by atoms with van der Waals surface area (Å²) < 4.78 is 0.350. The van der Waals surface area contributed by atoms with Crippen LogP contribution < -0.4 is 5.73 Å². The van der Waals surface area contributed by atoms with Crippen molar-refractivity contribution in [3.8, 4) is 0 Å². The molecule has 0 aliphatic heterocycles. The van der Waals surface area contributed by atoms with Crippen molar-refractivity contribution in [2.24, 2.45) is 0 Å². The van der Waals surface area contributed by atoms with Gasteiger partial charge in [0.05, 0.1) is 0 Å². The summed E-state index contributed by atoms with van der Waals surface area (Å²) in [5.41, 5.74) is 8.54. The molecule has 1 rings (SSSR count). The number of halogens is 1. The van der Waals surface area contributed by atoms with E-state index < -0.39 is 0 Å². The van der Waals surface area contributed by atoms with Crippen molar-refractivity contribution < 1.29 is 0 Å². The van der Waals surface area contributed by atoms with Gasteiger partial charge >= 0.3 is 0 Å². The monoisotopic (exact) mass is 240 g/mol. The molecule has 0 spiro atoms. The highest BCUT2D eigenvalue weighted by atomic mass is 79.9. The molecule has 0 unspecified atom stereocenters. The van der Waals surface area contributed by atoms with Crippen LogP contribution in [0.25, 0.3) is 0 Å². The maximum absolute atomic E-state index is 7.44. The first-order valence-corrected chi connectivity index (χ1v) is 5.08. The second-order valence-electron chi connectivity index (χ2n) is 2.94. The van der Waals surface area contributed by atoms with Gasteiger partial charge in [-0.2, -0.15) is 0 Å². The molecule has 0 amide bonds. The Morgan fingerprint density at radius 1 is 1.54 bits per heavy atom. The summed E-state index contributed by atoms with van der Waals surface area (Å²) in [4.78, 5) is 0. The molecule has 0 heterocycles. The molecule has 0 aliphatic rings. The molecule has 0 fully saturated rings. The molecule has 0 saturated carbocycles. The Morgan fingerprint density at radius 3 is 2.77 bits per heavy atom. The lowest BCUT2D eigenvalue weighted by atomic mass is 10.0. The molecule has 0 aliphatic carbocycles. The maximum Gasteiger partial charge on any atom is 0.106 e. The average molecular weight is 241 g/mol. The number of para-hydroxylation sites is 1. The van der Waals surface area contributed by atoms with Crippen molar-refractivity contribution in [2.75, 3.05) is 5.73 Å². The van der Waals surface area contributed by atoms with Crippen LogP contribution in [0.15, 0.2) is 18.2 Å². The van der Waals surface area contributed by atoms with Gasteiger partial charge in [-0.1, -0.05) is 31.5 Å². The van der Waals surface area contributed by atoms with Crippen molar-refractivity contribution in [3.05, 3.63) is 29.3 Å². The number of nitrogens with one attached hydrogen (secondary N) is 1. The van der Waals surface area contributed by atoms with E-state index in [0.717, 1.165) is 29.7 Å². The zero-order chi connectivity index (χ0) is 9.84. The van der Waals surface area contributed by atoms with Crippen LogP contribution in [0, 0.1) is 5.41 Å². The predicted molar refractivity (Wildman–Crippen MR) is 60.6 cm³/mol. The van der Waals surface area contributed by atoms with Crippen LogP contribution in [0.5, 0.6) is 0 Å². The standard InChI is InChI=1S/C10H13BrN2/c1-2-4-7-5-3-6-8(9(7)12)10(11)13/h3,5-6,13H,2,4,12H2,1H3.